The Morgan fingerprint density at radius 3 is 2.92 bits per heavy atom. The van der Waals surface area contributed by atoms with Crippen molar-refractivity contribution in [2.24, 2.45) is 0 Å². The van der Waals surface area contributed by atoms with Crippen LogP contribution in [0, 0.1) is 5.82 Å². The van der Waals surface area contributed by atoms with E-state index in [1.54, 1.807) is 25.4 Å². The molecule has 0 saturated carbocycles. The van der Waals surface area contributed by atoms with Gasteiger partial charge in [0.15, 0.2) is 0 Å². The molecule has 2 N–H and O–H groups in total. The molecule has 2 heterocycles. The van der Waals surface area contributed by atoms with Gasteiger partial charge < -0.3 is 15.0 Å². The summed E-state index contributed by atoms with van der Waals surface area (Å²) in [7, 11) is 1.58. The standard InChI is InChI=1S/C18H23FN4O2/c1-25-17(13-5-7-15(19)8-6-13)12-20-18(24)23-9-3-2-4-16(23)14-10-21-22-11-14/h5-8,10-11,16-17H,2-4,9,12H2,1H3,(H,20,24)(H,21,22)/t16-,17-/m1/s1. The van der Waals surface area contributed by atoms with Crippen molar-refractivity contribution in [3.8, 4) is 0 Å². The third-order valence-corrected chi connectivity index (χ3v) is 4.63. The van der Waals surface area contributed by atoms with E-state index in [2.05, 4.69) is 15.5 Å². The molecule has 0 unspecified atom stereocenters. The molecule has 7 heteroatoms. The second-order valence-electron chi connectivity index (χ2n) is 6.20. The third-order valence-electron chi connectivity index (χ3n) is 4.63. The predicted octanol–water partition coefficient (Wildman–Crippen LogP) is 3.17. The first-order valence-electron chi connectivity index (χ1n) is 8.50. The Balaban J connectivity index is 1.63. The maximum absolute atomic E-state index is 13.1. The van der Waals surface area contributed by atoms with Crippen molar-refractivity contribution in [1.82, 2.24) is 20.4 Å². The van der Waals surface area contributed by atoms with E-state index in [-0.39, 0.29) is 24.0 Å². The van der Waals surface area contributed by atoms with Crippen LogP contribution < -0.4 is 5.32 Å². The van der Waals surface area contributed by atoms with Gasteiger partial charge in [0.2, 0.25) is 0 Å². The van der Waals surface area contributed by atoms with Crippen LogP contribution in [0.2, 0.25) is 0 Å². The lowest BCUT2D eigenvalue weighted by Crippen LogP contribution is -2.45. The number of aromatic amines is 1. The number of likely N-dealkylation sites (tertiary alicyclic amines) is 1. The highest BCUT2D eigenvalue weighted by atomic mass is 19.1. The molecule has 25 heavy (non-hydrogen) atoms. The minimum Gasteiger partial charge on any atom is -0.375 e. The van der Waals surface area contributed by atoms with Gasteiger partial charge in [-0.25, -0.2) is 9.18 Å². The largest absolute Gasteiger partial charge is 0.375 e. The first-order chi connectivity index (χ1) is 12.2. The van der Waals surface area contributed by atoms with E-state index >= 15 is 0 Å². The average molecular weight is 346 g/mol. The fourth-order valence-corrected chi connectivity index (χ4v) is 3.26. The van der Waals surface area contributed by atoms with Crippen molar-refractivity contribution in [3.63, 3.8) is 0 Å². The molecule has 0 bridgehead atoms. The summed E-state index contributed by atoms with van der Waals surface area (Å²) in [6.07, 6.45) is 6.31. The van der Waals surface area contributed by atoms with Gasteiger partial charge in [0.25, 0.3) is 0 Å². The Bertz CT molecular complexity index is 675. The first kappa shape index (κ1) is 17.4. The average Bonchev–Trinajstić information content (AvgIpc) is 3.18. The summed E-state index contributed by atoms with van der Waals surface area (Å²) < 4.78 is 18.5. The number of carbonyl (C=O) groups is 1. The number of hydrogen-bond donors (Lipinski definition) is 2. The van der Waals surface area contributed by atoms with Crippen LogP contribution in [0.15, 0.2) is 36.7 Å². The fourth-order valence-electron chi connectivity index (χ4n) is 3.26. The number of nitrogens with zero attached hydrogens (tertiary/aromatic N) is 2. The molecule has 134 valence electrons. The Morgan fingerprint density at radius 2 is 2.24 bits per heavy atom. The molecule has 3 rings (SSSR count). The monoisotopic (exact) mass is 346 g/mol. The zero-order valence-electron chi connectivity index (χ0n) is 14.2. The highest BCUT2D eigenvalue weighted by molar-refractivity contribution is 5.75. The Hall–Kier alpha value is -2.41. The molecule has 0 radical (unpaired) electrons. The van der Waals surface area contributed by atoms with Crippen molar-refractivity contribution >= 4 is 6.03 Å². The maximum Gasteiger partial charge on any atom is 0.318 e. The minimum absolute atomic E-state index is 0.0410. The Morgan fingerprint density at radius 1 is 1.44 bits per heavy atom. The van der Waals surface area contributed by atoms with E-state index in [0.29, 0.717) is 6.54 Å². The van der Waals surface area contributed by atoms with E-state index < -0.39 is 0 Å². The minimum atomic E-state index is -0.318. The summed E-state index contributed by atoms with van der Waals surface area (Å²) in [6, 6.07) is 6.05. The molecule has 2 aromatic rings. The van der Waals surface area contributed by atoms with Crippen LogP contribution in [0.25, 0.3) is 0 Å². The number of hydrogen-bond acceptors (Lipinski definition) is 3. The third kappa shape index (κ3) is 4.17. The van der Waals surface area contributed by atoms with Gasteiger partial charge in [-0.05, 0) is 37.0 Å². The van der Waals surface area contributed by atoms with Gasteiger partial charge >= 0.3 is 6.03 Å². The van der Waals surface area contributed by atoms with Gasteiger partial charge in [-0.15, -0.1) is 0 Å². The number of piperidine rings is 1. The van der Waals surface area contributed by atoms with Crippen molar-refractivity contribution in [2.75, 3.05) is 20.2 Å². The molecular weight excluding hydrogens is 323 g/mol. The van der Waals surface area contributed by atoms with Gasteiger partial charge in [0.05, 0.1) is 18.3 Å². The summed E-state index contributed by atoms with van der Waals surface area (Å²) in [5, 5.41) is 9.75. The lowest BCUT2D eigenvalue weighted by atomic mass is 9.98. The van der Waals surface area contributed by atoms with Gasteiger partial charge in [-0.1, -0.05) is 12.1 Å². The summed E-state index contributed by atoms with van der Waals surface area (Å²) >= 11 is 0. The first-order valence-corrected chi connectivity index (χ1v) is 8.50. The number of methoxy groups -OCH3 is 1. The van der Waals surface area contributed by atoms with Crippen molar-refractivity contribution in [2.45, 2.75) is 31.4 Å². The number of nitrogens with one attached hydrogen (secondary N) is 2. The van der Waals surface area contributed by atoms with Crippen molar-refractivity contribution in [1.29, 1.82) is 0 Å². The van der Waals surface area contributed by atoms with E-state index in [4.69, 9.17) is 4.74 Å². The van der Waals surface area contributed by atoms with E-state index in [1.165, 1.54) is 12.1 Å². The van der Waals surface area contributed by atoms with Crippen LogP contribution in [0.3, 0.4) is 0 Å². The van der Waals surface area contributed by atoms with Crippen LogP contribution >= 0.6 is 0 Å². The zero-order chi connectivity index (χ0) is 17.6. The number of amides is 2. The number of carbonyl (C=O) groups excluding carboxylic acids is 1. The quantitative estimate of drug-likeness (QED) is 0.874. The number of H-pyrrole nitrogens is 1. The second-order valence-corrected chi connectivity index (χ2v) is 6.20. The SMILES string of the molecule is CO[C@H](CNC(=O)N1CCCC[C@@H]1c1cn[nH]c1)c1ccc(F)cc1. The number of benzene rings is 1. The van der Waals surface area contributed by atoms with Crippen LogP contribution in [-0.4, -0.2) is 41.3 Å². The highest BCUT2D eigenvalue weighted by Crippen LogP contribution is 2.30. The maximum atomic E-state index is 13.1. The van der Waals surface area contributed by atoms with Crippen LogP contribution in [-0.2, 0) is 4.74 Å². The molecule has 1 aromatic heterocycles. The van der Waals surface area contributed by atoms with E-state index in [0.717, 1.165) is 36.9 Å². The molecule has 1 aromatic carbocycles. The molecule has 2 amide bonds. The number of rotatable bonds is 5. The Kier molecular flexibility index (Phi) is 5.65. The number of urea groups is 1. The van der Waals surface area contributed by atoms with Crippen LogP contribution in [0.4, 0.5) is 9.18 Å². The lowest BCUT2D eigenvalue weighted by Gasteiger charge is -2.35. The van der Waals surface area contributed by atoms with Crippen LogP contribution in [0.5, 0.6) is 0 Å². The lowest BCUT2D eigenvalue weighted by molar-refractivity contribution is 0.0975. The molecule has 1 aliphatic rings. The Labute approximate surface area is 146 Å². The molecule has 0 aliphatic carbocycles. The summed E-state index contributed by atoms with van der Waals surface area (Å²) in [4.78, 5) is 14.5. The van der Waals surface area contributed by atoms with E-state index in [1.807, 2.05) is 11.1 Å². The fraction of sp³-hybridized carbons (Fsp3) is 0.444. The normalized spacial score (nSPS) is 18.8. The second kappa shape index (κ2) is 8.11. The molecule has 0 spiro atoms. The topological polar surface area (TPSA) is 70.2 Å². The van der Waals surface area contributed by atoms with E-state index in [9.17, 15) is 9.18 Å². The molecule has 2 atom stereocenters. The van der Waals surface area contributed by atoms with Gasteiger partial charge in [-0.3, -0.25) is 5.10 Å². The van der Waals surface area contributed by atoms with Crippen molar-refractivity contribution in [3.05, 3.63) is 53.6 Å². The smallest absolute Gasteiger partial charge is 0.318 e. The van der Waals surface area contributed by atoms with Gasteiger partial charge in [0, 0.05) is 32.0 Å². The molecule has 6 nitrogen and oxygen atoms in total. The number of halogens is 1. The van der Waals surface area contributed by atoms with Gasteiger partial charge in [-0.2, -0.15) is 5.10 Å². The highest BCUT2D eigenvalue weighted by Gasteiger charge is 2.28. The molecule has 1 fully saturated rings. The van der Waals surface area contributed by atoms with Gasteiger partial charge in [0.1, 0.15) is 5.82 Å². The molecule has 1 saturated heterocycles. The number of ether oxygens (including phenoxy) is 1. The van der Waals surface area contributed by atoms with Crippen LogP contribution in [0.1, 0.15) is 42.5 Å². The summed E-state index contributed by atoms with van der Waals surface area (Å²) in [6.45, 7) is 1.05. The van der Waals surface area contributed by atoms with Crippen molar-refractivity contribution < 1.29 is 13.9 Å². The predicted molar refractivity (Wildman–Crippen MR) is 91.4 cm³/mol. The molecule has 1 aliphatic heterocycles. The zero-order valence-corrected chi connectivity index (χ0v) is 14.2. The molecular formula is C18H23FN4O2. The number of aromatic nitrogens is 2. The summed E-state index contributed by atoms with van der Waals surface area (Å²) in [5.41, 5.74) is 1.85. The summed E-state index contributed by atoms with van der Waals surface area (Å²) in [5.74, 6) is -0.293.